The zero-order valence-electron chi connectivity index (χ0n) is 14.8. The van der Waals surface area contributed by atoms with Crippen LogP contribution in [0.1, 0.15) is 60.2 Å². The number of halogens is 1. The van der Waals surface area contributed by atoms with Gasteiger partial charge in [-0.25, -0.2) is 0 Å². The molecule has 2 aromatic rings. The summed E-state index contributed by atoms with van der Waals surface area (Å²) in [5, 5.41) is 12.6. The Hall–Kier alpha value is -2.15. The number of H-pyrrole nitrogens is 1. The number of anilines is 1. The molecule has 0 bridgehead atoms. The molecule has 0 atom stereocenters. The predicted octanol–water partition coefficient (Wildman–Crippen LogP) is 3.93. The number of para-hydroxylation sites is 1. The smallest absolute Gasteiger partial charge is 0.277 e. The van der Waals surface area contributed by atoms with Crippen LogP contribution in [-0.4, -0.2) is 28.6 Å². The van der Waals surface area contributed by atoms with Crippen LogP contribution in [0.5, 0.6) is 0 Å². The normalized spacial score (nSPS) is 11.0. The van der Waals surface area contributed by atoms with E-state index in [4.69, 9.17) is 0 Å². The third-order valence-corrected chi connectivity index (χ3v) is 4.42. The van der Waals surface area contributed by atoms with Gasteiger partial charge in [0.05, 0.1) is 21.4 Å². The SMILES string of the molecule is CC(C)CNC(=O)c1ccccc1NC(=O)c1n[nH]c(C(C)C)c1Br. The summed E-state index contributed by atoms with van der Waals surface area (Å²) >= 11 is 3.42. The lowest BCUT2D eigenvalue weighted by atomic mass is 10.1. The number of carbonyl (C=O) groups is 2. The number of hydrogen-bond acceptors (Lipinski definition) is 3. The minimum Gasteiger partial charge on any atom is -0.352 e. The monoisotopic (exact) mass is 406 g/mol. The summed E-state index contributed by atoms with van der Waals surface area (Å²) in [5.74, 6) is -0.0367. The number of nitrogens with one attached hydrogen (secondary N) is 3. The molecular weight excluding hydrogens is 384 g/mol. The number of benzene rings is 1. The fraction of sp³-hybridized carbons (Fsp3) is 0.389. The highest BCUT2D eigenvalue weighted by molar-refractivity contribution is 9.10. The molecule has 1 aromatic carbocycles. The van der Waals surface area contributed by atoms with Crippen molar-refractivity contribution in [3.05, 3.63) is 45.7 Å². The zero-order chi connectivity index (χ0) is 18.6. The molecule has 0 fully saturated rings. The van der Waals surface area contributed by atoms with E-state index in [1.165, 1.54) is 0 Å². The van der Waals surface area contributed by atoms with Crippen molar-refractivity contribution in [2.24, 2.45) is 5.92 Å². The quantitative estimate of drug-likeness (QED) is 0.678. The highest BCUT2D eigenvalue weighted by Crippen LogP contribution is 2.26. The van der Waals surface area contributed by atoms with Crippen molar-refractivity contribution in [3.63, 3.8) is 0 Å². The maximum absolute atomic E-state index is 12.6. The van der Waals surface area contributed by atoms with Crippen LogP contribution in [0.15, 0.2) is 28.7 Å². The van der Waals surface area contributed by atoms with Gasteiger partial charge in [-0.05, 0) is 39.9 Å². The van der Waals surface area contributed by atoms with Crippen molar-refractivity contribution in [2.75, 3.05) is 11.9 Å². The summed E-state index contributed by atoms with van der Waals surface area (Å²) in [6.07, 6.45) is 0. The van der Waals surface area contributed by atoms with Crippen molar-refractivity contribution in [1.29, 1.82) is 0 Å². The van der Waals surface area contributed by atoms with Crippen molar-refractivity contribution in [2.45, 2.75) is 33.6 Å². The zero-order valence-corrected chi connectivity index (χ0v) is 16.4. The molecule has 0 aliphatic heterocycles. The molecule has 0 spiro atoms. The average Bonchev–Trinajstić information content (AvgIpc) is 2.95. The molecule has 0 aliphatic rings. The van der Waals surface area contributed by atoms with Crippen LogP contribution in [0.25, 0.3) is 0 Å². The second-order valence-electron chi connectivity index (χ2n) is 6.56. The van der Waals surface area contributed by atoms with E-state index >= 15 is 0 Å². The first-order chi connectivity index (χ1) is 11.8. The van der Waals surface area contributed by atoms with Crippen LogP contribution in [-0.2, 0) is 0 Å². The van der Waals surface area contributed by atoms with Gasteiger partial charge < -0.3 is 10.6 Å². The van der Waals surface area contributed by atoms with Crippen LogP contribution >= 0.6 is 15.9 Å². The van der Waals surface area contributed by atoms with Crippen molar-refractivity contribution in [3.8, 4) is 0 Å². The molecule has 2 amide bonds. The van der Waals surface area contributed by atoms with E-state index in [9.17, 15) is 9.59 Å². The molecule has 134 valence electrons. The minimum absolute atomic E-state index is 0.206. The van der Waals surface area contributed by atoms with E-state index < -0.39 is 0 Å². The third kappa shape index (κ3) is 4.69. The average molecular weight is 407 g/mol. The minimum atomic E-state index is -0.376. The number of rotatable bonds is 6. The second-order valence-corrected chi connectivity index (χ2v) is 7.35. The second kappa shape index (κ2) is 8.29. The van der Waals surface area contributed by atoms with E-state index in [2.05, 4.69) is 36.8 Å². The molecule has 0 saturated carbocycles. The number of amides is 2. The van der Waals surface area contributed by atoms with Crippen LogP contribution in [0.2, 0.25) is 0 Å². The van der Waals surface area contributed by atoms with Crippen molar-refractivity contribution < 1.29 is 9.59 Å². The Morgan fingerprint density at radius 2 is 1.84 bits per heavy atom. The third-order valence-electron chi connectivity index (χ3n) is 3.62. The maximum atomic E-state index is 12.6. The van der Waals surface area contributed by atoms with Gasteiger partial charge in [-0.1, -0.05) is 39.8 Å². The van der Waals surface area contributed by atoms with Gasteiger partial charge in [0, 0.05) is 6.54 Å². The molecule has 1 aromatic heterocycles. The van der Waals surface area contributed by atoms with Gasteiger partial charge in [-0.2, -0.15) is 5.10 Å². The Balaban J connectivity index is 2.20. The van der Waals surface area contributed by atoms with Crippen LogP contribution < -0.4 is 10.6 Å². The molecule has 7 heteroatoms. The number of aromatic nitrogens is 2. The number of carbonyl (C=O) groups excluding carboxylic acids is 2. The lowest BCUT2D eigenvalue weighted by Gasteiger charge is -2.12. The Bertz CT molecular complexity index is 768. The highest BCUT2D eigenvalue weighted by Gasteiger charge is 2.21. The number of nitrogens with zero attached hydrogens (tertiary/aromatic N) is 1. The van der Waals surface area contributed by atoms with Gasteiger partial charge in [0.15, 0.2) is 5.69 Å². The summed E-state index contributed by atoms with van der Waals surface area (Å²) in [5.41, 5.74) is 2.00. The van der Waals surface area contributed by atoms with Crippen molar-refractivity contribution >= 4 is 33.4 Å². The van der Waals surface area contributed by atoms with Gasteiger partial charge in [0.2, 0.25) is 0 Å². The summed E-state index contributed by atoms with van der Waals surface area (Å²) in [6, 6.07) is 6.92. The van der Waals surface area contributed by atoms with E-state index in [1.54, 1.807) is 24.3 Å². The van der Waals surface area contributed by atoms with Gasteiger partial charge in [-0.3, -0.25) is 14.7 Å². The molecule has 0 saturated heterocycles. The van der Waals surface area contributed by atoms with Gasteiger partial charge in [0.25, 0.3) is 11.8 Å². The molecule has 3 N–H and O–H groups in total. The first kappa shape index (κ1) is 19.2. The van der Waals surface area contributed by atoms with E-state index in [-0.39, 0.29) is 23.4 Å². The van der Waals surface area contributed by atoms with Crippen molar-refractivity contribution in [1.82, 2.24) is 15.5 Å². The summed E-state index contributed by atoms with van der Waals surface area (Å²) in [4.78, 5) is 24.9. The molecule has 6 nitrogen and oxygen atoms in total. The summed E-state index contributed by atoms with van der Waals surface area (Å²) in [7, 11) is 0. The fourth-order valence-electron chi connectivity index (χ4n) is 2.24. The fourth-order valence-corrected chi connectivity index (χ4v) is 3.05. The van der Waals surface area contributed by atoms with E-state index in [1.807, 2.05) is 27.7 Å². The lowest BCUT2D eigenvalue weighted by molar-refractivity contribution is 0.0950. The summed E-state index contributed by atoms with van der Waals surface area (Å²) in [6.45, 7) is 8.64. The Kier molecular flexibility index (Phi) is 6.36. The topological polar surface area (TPSA) is 86.9 Å². The predicted molar refractivity (Wildman–Crippen MR) is 102 cm³/mol. The van der Waals surface area contributed by atoms with Gasteiger partial charge in [0.1, 0.15) is 0 Å². The Morgan fingerprint density at radius 1 is 1.16 bits per heavy atom. The molecule has 0 unspecified atom stereocenters. The van der Waals surface area contributed by atoms with Crippen LogP contribution in [0, 0.1) is 5.92 Å². The largest absolute Gasteiger partial charge is 0.352 e. The van der Waals surface area contributed by atoms with Crippen LogP contribution in [0.4, 0.5) is 5.69 Å². The van der Waals surface area contributed by atoms with Gasteiger partial charge in [-0.15, -0.1) is 0 Å². The maximum Gasteiger partial charge on any atom is 0.277 e. The molecular formula is C18H23BrN4O2. The standard InChI is InChI=1S/C18H23BrN4O2/c1-10(2)9-20-17(24)12-7-5-6-8-13(12)21-18(25)16-14(19)15(11(3)4)22-23-16/h5-8,10-11H,9H2,1-4H3,(H,20,24)(H,21,25)(H,22,23). The van der Waals surface area contributed by atoms with E-state index in [0.29, 0.717) is 28.2 Å². The molecule has 25 heavy (non-hydrogen) atoms. The first-order valence-electron chi connectivity index (χ1n) is 8.23. The molecule has 2 rings (SSSR count). The molecule has 1 heterocycles. The lowest BCUT2D eigenvalue weighted by Crippen LogP contribution is -2.28. The molecule has 0 radical (unpaired) electrons. The van der Waals surface area contributed by atoms with Gasteiger partial charge >= 0.3 is 0 Å². The summed E-state index contributed by atoms with van der Waals surface area (Å²) < 4.78 is 0.641. The highest BCUT2D eigenvalue weighted by atomic mass is 79.9. The Labute approximate surface area is 155 Å². The number of hydrogen-bond donors (Lipinski definition) is 3. The van der Waals surface area contributed by atoms with E-state index in [0.717, 1.165) is 5.69 Å². The first-order valence-corrected chi connectivity index (χ1v) is 9.02. The molecule has 0 aliphatic carbocycles. The number of aromatic amines is 1. The Morgan fingerprint density at radius 3 is 2.44 bits per heavy atom. The van der Waals surface area contributed by atoms with Crippen LogP contribution in [0.3, 0.4) is 0 Å².